The van der Waals surface area contributed by atoms with Crippen molar-refractivity contribution in [3.05, 3.63) is 58.5 Å². The van der Waals surface area contributed by atoms with Crippen LogP contribution in [0.5, 0.6) is 0 Å². The normalized spacial score (nSPS) is 12.7. The fraction of sp³-hybridized carbons (Fsp3) is 0.0909. The van der Waals surface area contributed by atoms with Crippen LogP contribution < -0.4 is 0 Å². The van der Waals surface area contributed by atoms with Gasteiger partial charge in [-0.05, 0) is 33.6 Å². The van der Waals surface area contributed by atoms with Crippen LogP contribution in [0.25, 0.3) is 0 Å². The molecule has 0 radical (unpaired) electrons. The van der Waals surface area contributed by atoms with Crippen molar-refractivity contribution in [2.75, 3.05) is 0 Å². The van der Waals surface area contributed by atoms with Crippen LogP contribution in [-0.2, 0) is 0 Å². The second kappa shape index (κ2) is 4.32. The van der Waals surface area contributed by atoms with Gasteiger partial charge in [0, 0.05) is 0 Å². The van der Waals surface area contributed by atoms with Crippen LogP contribution in [-0.4, -0.2) is 0 Å². The maximum atomic E-state index is 5.47. The molecule has 0 fully saturated rings. The smallest absolute Gasteiger partial charge is 0.169 e. The molecular weight excluding hydrogens is 308 g/mol. The summed E-state index contributed by atoms with van der Waals surface area (Å²) in [5.41, 5.74) is 1.19. The molecule has 0 amide bonds. The molecule has 0 aliphatic heterocycles. The van der Waals surface area contributed by atoms with Gasteiger partial charge in [0.1, 0.15) is 5.76 Å². The molecule has 0 saturated heterocycles. The van der Waals surface area contributed by atoms with E-state index in [0.717, 1.165) is 10.4 Å². The number of halogens is 2. The summed E-state index contributed by atoms with van der Waals surface area (Å²) in [7, 11) is 0. The van der Waals surface area contributed by atoms with E-state index in [1.165, 1.54) is 5.56 Å². The molecule has 0 spiro atoms. The Bertz CT molecular complexity index is 408. The summed E-state index contributed by atoms with van der Waals surface area (Å²) in [6.45, 7) is 0. The number of benzene rings is 1. The zero-order valence-electron chi connectivity index (χ0n) is 7.28. The van der Waals surface area contributed by atoms with Crippen LogP contribution in [0, 0.1) is 0 Å². The molecule has 1 atom stereocenters. The van der Waals surface area contributed by atoms with E-state index in [9.17, 15) is 0 Å². The summed E-state index contributed by atoms with van der Waals surface area (Å²) in [5, 5.41) is 0. The first kappa shape index (κ1) is 9.99. The van der Waals surface area contributed by atoms with Crippen molar-refractivity contribution >= 4 is 31.9 Å². The number of rotatable bonds is 2. The van der Waals surface area contributed by atoms with Crippen molar-refractivity contribution in [2.24, 2.45) is 0 Å². The van der Waals surface area contributed by atoms with Gasteiger partial charge in [0.25, 0.3) is 0 Å². The van der Waals surface area contributed by atoms with Gasteiger partial charge in [-0.15, -0.1) is 0 Å². The second-order valence-electron chi connectivity index (χ2n) is 2.92. The van der Waals surface area contributed by atoms with Gasteiger partial charge in [0.05, 0.1) is 4.83 Å². The molecule has 14 heavy (non-hydrogen) atoms. The Labute approximate surface area is 99.4 Å². The summed E-state index contributed by atoms with van der Waals surface area (Å²) >= 11 is 6.88. The van der Waals surface area contributed by atoms with E-state index in [-0.39, 0.29) is 4.83 Å². The highest BCUT2D eigenvalue weighted by atomic mass is 79.9. The molecule has 2 rings (SSSR count). The van der Waals surface area contributed by atoms with Gasteiger partial charge in [0.15, 0.2) is 4.67 Å². The Hall–Kier alpha value is -0.540. The van der Waals surface area contributed by atoms with Crippen molar-refractivity contribution in [2.45, 2.75) is 4.83 Å². The Morgan fingerprint density at radius 2 is 1.71 bits per heavy atom. The van der Waals surface area contributed by atoms with Crippen molar-refractivity contribution in [1.29, 1.82) is 0 Å². The molecule has 3 heteroatoms. The SMILES string of the molecule is Brc1ccc(C(Br)c2ccccc2)o1. The molecule has 0 bridgehead atoms. The maximum absolute atomic E-state index is 5.47. The van der Waals surface area contributed by atoms with Gasteiger partial charge in [0.2, 0.25) is 0 Å². The number of hydrogen-bond donors (Lipinski definition) is 0. The summed E-state index contributed by atoms with van der Waals surface area (Å²) in [6.07, 6.45) is 0. The fourth-order valence-electron chi connectivity index (χ4n) is 1.25. The molecule has 1 aromatic carbocycles. The first-order chi connectivity index (χ1) is 6.77. The third-order valence-electron chi connectivity index (χ3n) is 1.94. The fourth-order valence-corrected chi connectivity index (χ4v) is 2.12. The van der Waals surface area contributed by atoms with E-state index < -0.39 is 0 Å². The van der Waals surface area contributed by atoms with Crippen LogP contribution in [0.1, 0.15) is 16.2 Å². The lowest BCUT2D eigenvalue weighted by Crippen LogP contribution is -1.88. The highest BCUT2D eigenvalue weighted by molar-refractivity contribution is 9.10. The van der Waals surface area contributed by atoms with E-state index >= 15 is 0 Å². The van der Waals surface area contributed by atoms with Gasteiger partial charge in [-0.3, -0.25) is 0 Å². The minimum absolute atomic E-state index is 0.120. The molecule has 72 valence electrons. The maximum Gasteiger partial charge on any atom is 0.169 e. The van der Waals surface area contributed by atoms with Gasteiger partial charge < -0.3 is 4.42 Å². The molecule has 0 aliphatic carbocycles. The standard InChI is InChI=1S/C11H8Br2O/c12-10-7-6-9(14-10)11(13)8-4-2-1-3-5-8/h1-7,11H. The third-order valence-corrected chi connectivity index (χ3v) is 3.34. The molecule has 2 aromatic rings. The van der Waals surface area contributed by atoms with Crippen LogP contribution in [0.4, 0.5) is 0 Å². The van der Waals surface area contributed by atoms with Crippen LogP contribution >= 0.6 is 31.9 Å². The minimum Gasteiger partial charge on any atom is -0.453 e. The van der Waals surface area contributed by atoms with Gasteiger partial charge >= 0.3 is 0 Å². The van der Waals surface area contributed by atoms with Crippen molar-refractivity contribution in [3.8, 4) is 0 Å². The molecule has 0 N–H and O–H groups in total. The summed E-state index contributed by atoms with van der Waals surface area (Å²) in [5.74, 6) is 0.906. The van der Waals surface area contributed by atoms with Gasteiger partial charge in [-0.25, -0.2) is 0 Å². The van der Waals surface area contributed by atoms with Crippen LogP contribution in [0.2, 0.25) is 0 Å². The van der Waals surface area contributed by atoms with Gasteiger partial charge in [-0.1, -0.05) is 46.3 Å². The van der Waals surface area contributed by atoms with E-state index in [1.807, 2.05) is 30.3 Å². The lowest BCUT2D eigenvalue weighted by Gasteiger charge is -2.05. The lowest BCUT2D eigenvalue weighted by atomic mass is 10.1. The van der Waals surface area contributed by atoms with Crippen molar-refractivity contribution in [1.82, 2.24) is 0 Å². The van der Waals surface area contributed by atoms with E-state index in [0.29, 0.717) is 0 Å². The van der Waals surface area contributed by atoms with E-state index in [4.69, 9.17) is 4.42 Å². The molecular formula is C11H8Br2O. The minimum atomic E-state index is 0.120. The number of alkyl halides is 1. The average Bonchev–Trinajstić information content (AvgIpc) is 2.65. The summed E-state index contributed by atoms with van der Waals surface area (Å²) in [4.78, 5) is 0.120. The monoisotopic (exact) mass is 314 g/mol. The first-order valence-corrected chi connectivity index (χ1v) is 5.92. The third kappa shape index (κ3) is 2.10. The predicted octanol–water partition coefficient (Wildman–Crippen LogP) is 4.53. The first-order valence-electron chi connectivity index (χ1n) is 4.21. The second-order valence-corrected chi connectivity index (χ2v) is 4.61. The summed E-state index contributed by atoms with van der Waals surface area (Å²) < 4.78 is 6.23. The number of furan rings is 1. The molecule has 1 nitrogen and oxygen atoms in total. The Morgan fingerprint density at radius 3 is 2.29 bits per heavy atom. The van der Waals surface area contributed by atoms with E-state index in [2.05, 4.69) is 44.0 Å². The molecule has 1 heterocycles. The largest absolute Gasteiger partial charge is 0.453 e. The van der Waals surface area contributed by atoms with Crippen molar-refractivity contribution in [3.63, 3.8) is 0 Å². The average molecular weight is 316 g/mol. The molecule has 1 unspecified atom stereocenters. The molecule has 1 aromatic heterocycles. The highest BCUT2D eigenvalue weighted by Gasteiger charge is 2.13. The topological polar surface area (TPSA) is 13.1 Å². The van der Waals surface area contributed by atoms with Gasteiger partial charge in [-0.2, -0.15) is 0 Å². The molecule has 0 aliphatic rings. The zero-order valence-corrected chi connectivity index (χ0v) is 10.5. The molecule has 0 saturated carbocycles. The quantitative estimate of drug-likeness (QED) is 0.742. The summed E-state index contributed by atoms with van der Waals surface area (Å²) in [6, 6.07) is 14.0. The Balaban J connectivity index is 2.29. The Kier molecular flexibility index (Phi) is 3.08. The highest BCUT2D eigenvalue weighted by Crippen LogP contribution is 2.32. The lowest BCUT2D eigenvalue weighted by molar-refractivity contribution is 0.497. The predicted molar refractivity (Wildman–Crippen MR) is 63.6 cm³/mol. The van der Waals surface area contributed by atoms with Crippen LogP contribution in [0.3, 0.4) is 0 Å². The Morgan fingerprint density at radius 1 is 1.00 bits per heavy atom. The van der Waals surface area contributed by atoms with Crippen LogP contribution in [0.15, 0.2) is 51.6 Å². The number of hydrogen-bond acceptors (Lipinski definition) is 1. The van der Waals surface area contributed by atoms with E-state index in [1.54, 1.807) is 0 Å². The van der Waals surface area contributed by atoms with Crippen molar-refractivity contribution < 1.29 is 4.42 Å². The zero-order chi connectivity index (χ0) is 9.97.